The summed E-state index contributed by atoms with van der Waals surface area (Å²) in [4.78, 5) is 13.6. The number of hydrogen-bond donors (Lipinski definition) is 1. The number of nitrogens with zero attached hydrogens (tertiary/aromatic N) is 1. The predicted molar refractivity (Wildman–Crippen MR) is 127 cm³/mol. The maximum Gasteiger partial charge on any atom is 0.219 e. The van der Waals surface area contributed by atoms with Gasteiger partial charge in [-0.1, -0.05) is 32.0 Å². The second-order valence-corrected chi connectivity index (χ2v) is 10.6. The number of para-hydroxylation sites is 1. The predicted octanol–water partition coefficient (Wildman–Crippen LogP) is 3.69. The normalized spacial score (nSPS) is 21.0. The highest BCUT2D eigenvalue weighted by molar-refractivity contribution is 7.88. The first-order valence-corrected chi connectivity index (χ1v) is 13.6. The molecule has 1 aliphatic carbocycles. The summed E-state index contributed by atoms with van der Waals surface area (Å²) in [5.41, 5.74) is 1.27. The first kappa shape index (κ1) is 26.6. The Labute approximate surface area is 193 Å². The van der Waals surface area contributed by atoms with E-state index in [1.807, 2.05) is 13.0 Å². The molecular formula is C24H40N2O5S. The maximum atomic E-state index is 12.0. The Morgan fingerprint density at radius 2 is 1.84 bits per heavy atom. The highest BCUT2D eigenvalue weighted by Crippen LogP contribution is 2.38. The molecule has 1 fully saturated rings. The van der Waals surface area contributed by atoms with Crippen LogP contribution < -0.4 is 9.46 Å². The maximum absolute atomic E-state index is 12.0. The highest BCUT2D eigenvalue weighted by Gasteiger charge is 2.31. The molecule has 1 aliphatic rings. The van der Waals surface area contributed by atoms with E-state index >= 15 is 0 Å². The van der Waals surface area contributed by atoms with Crippen LogP contribution in [-0.4, -0.2) is 63.9 Å². The third-order valence-corrected chi connectivity index (χ3v) is 6.99. The average molecular weight is 469 g/mol. The van der Waals surface area contributed by atoms with Gasteiger partial charge < -0.3 is 14.4 Å². The quantitative estimate of drug-likeness (QED) is 0.506. The van der Waals surface area contributed by atoms with Gasteiger partial charge in [0, 0.05) is 20.0 Å². The Bertz CT molecular complexity index is 821. The molecule has 32 heavy (non-hydrogen) atoms. The molecule has 0 heterocycles. The molecule has 2 atom stereocenters. The molecule has 0 radical (unpaired) electrons. The van der Waals surface area contributed by atoms with Crippen LogP contribution in [0.4, 0.5) is 0 Å². The lowest BCUT2D eigenvalue weighted by Crippen LogP contribution is -2.54. The van der Waals surface area contributed by atoms with Crippen LogP contribution in [0.5, 0.6) is 5.75 Å². The zero-order valence-electron chi connectivity index (χ0n) is 20.2. The van der Waals surface area contributed by atoms with E-state index in [4.69, 9.17) is 9.47 Å². The van der Waals surface area contributed by atoms with Crippen LogP contribution in [0.3, 0.4) is 0 Å². The molecule has 1 N–H and O–H groups in total. The molecule has 0 bridgehead atoms. The molecule has 0 saturated heterocycles. The number of benzene rings is 1. The van der Waals surface area contributed by atoms with Gasteiger partial charge >= 0.3 is 0 Å². The molecule has 1 saturated carbocycles. The number of nitrogens with one attached hydrogen (secondary N) is 1. The van der Waals surface area contributed by atoms with Gasteiger partial charge in [-0.25, -0.2) is 13.1 Å². The van der Waals surface area contributed by atoms with Crippen molar-refractivity contribution in [2.75, 3.05) is 26.5 Å². The Morgan fingerprint density at radius 3 is 2.41 bits per heavy atom. The van der Waals surface area contributed by atoms with E-state index in [9.17, 15) is 13.2 Å². The minimum Gasteiger partial charge on any atom is -0.493 e. The number of amides is 1. The van der Waals surface area contributed by atoms with Crippen molar-refractivity contribution in [3.8, 4) is 5.75 Å². The highest BCUT2D eigenvalue weighted by atomic mass is 32.2. The Hall–Kier alpha value is -1.64. The van der Waals surface area contributed by atoms with Crippen molar-refractivity contribution in [3.05, 3.63) is 29.8 Å². The van der Waals surface area contributed by atoms with Crippen LogP contribution in [0.1, 0.15) is 70.8 Å². The lowest BCUT2D eigenvalue weighted by Gasteiger charge is -2.36. The fourth-order valence-electron chi connectivity index (χ4n) is 4.38. The third kappa shape index (κ3) is 8.05. The summed E-state index contributed by atoms with van der Waals surface area (Å²) in [5.74, 6) is 1.33. The van der Waals surface area contributed by atoms with Crippen LogP contribution in [0.25, 0.3) is 0 Å². The molecule has 8 heteroatoms. The zero-order chi connectivity index (χ0) is 23.7. The largest absolute Gasteiger partial charge is 0.493 e. The van der Waals surface area contributed by atoms with E-state index in [2.05, 4.69) is 29.8 Å². The molecule has 1 amide bonds. The van der Waals surface area contributed by atoms with Crippen molar-refractivity contribution in [1.82, 2.24) is 9.62 Å². The molecule has 1 aromatic carbocycles. The van der Waals surface area contributed by atoms with Crippen molar-refractivity contribution in [2.45, 2.75) is 83.4 Å². The number of carbonyl (C=O) groups is 1. The van der Waals surface area contributed by atoms with E-state index in [-0.39, 0.29) is 18.1 Å². The Kier molecular flexibility index (Phi) is 10.4. The number of rotatable bonds is 12. The van der Waals surface area contributed by atoms with Gasteiger partial charge in [-0.15, -0.1) is 0 Å². The summed E-state index contributed by atoms with van der Waals surface area (Å²) < 4.78 is 38.5. The summed E-state index contributed by atoms with van der Waals surface area (Å²) in [6, 6.07) is 7.56. The number of ether oxygens (including phenoxy) is 2. The average Bonchev–Trinajstić information content (AvgIpc) is 2.76. The molecule has 2 unspecified atom stereocenters. The van der Waals surface area contributed by atoms with Crippen molar-refractivity contribution < 1.29 is 22.7 Å². The Morgan fingerprint density at radius 1 is 1.19 bits per heavy atom. The van der Waals surface area contributed by atoms with Gasteiger partial charge in [0.15, 0.2) is 0 Å². The molecule has 182 valence electrons. The number of carbonyl (C=O) groups excluding carboxylic acids is 1. The van der Waals surface area contributed by atoms with Crippen LogP contribution in [0.2, 0.25) is 0 Å². The van der Waals surface area contributed by atoms with Gasteiger partial charge in [0.1, 0.15) is 5.75 Å². The summed E-state index contributed by atoms with van der Waals surface area (Å²) >= 11 is 0. The first-order chi connectivity index (χ1) is 15.2. The summed E-state index contributed by atoms with van der Waals surface area (Å²) in [6.45, 7) is 6.54. The van der Waals surface area contributed by atoms with Crippen LogP contribution in [0.15, 0.2) is 24.3 Å². The molecule has 0 spiro atoms. The van der Waals surface area contributed by atoms with Crippen LogP contribution >= 0.6 is 0 Å². The van der Waals surface area contributed by atoms with Crippen molar-refractivity contribution in [1.29, 1.82) is 0 Å². The van der Waals surface area contributed by atoms with Gasteiger partial charge in [0.25, 0.3) is 0 Å². The van der Waals surface area contributed by atoms with E-state index in [1.54, 1.807) is 11.9 Å². The third-order valence-electron chi connectivity index (χ3n) is 6.26. The van der Waals surface area contributed by atoms with Gasteiger partial charge in [-0.3, -0.25) is 4.79 Å². The van der Waals surface area contributed by atoms with Gasteiger partial charge in [-0.2, -0.15) is 0 Å². The fraction of sp³-hybridized carbons (Fsp3) is 0.708. The minimum atomic E-state index is -3.39. The van der Waals surface area contributed by atoms with Crippen LogP contribution in [-0.2, 0) is 19.6 Å². The molecule has 0 aromatic heterocycles. The van der Waals surface area contributed by atoms with Crippen molar-refractivity contribution >= 4 is 15.9 Å². The zero-order valence-corrected chi connectivity index (χ0v) is 21.0. The molecule has 7 nitrogen and oxygen atoms in total. The molecule has 0 aliphatic heterocycles. The number of likely N-dealkylation sites (N-methyl/N-ethyl adjacent to an activating group) is 1. The smallest absolute Gasteiger partial charge is 0.219 e. The SMILES string of the molecule is CCCOc1ccccc1C1CCC(OCC(C(CC)NS(C)(=O)=O)N(C)C(C)=O)CC1. The van der Waals surface area contributed by atoms with Crippen molar-refractivity contribution in [2.24, 2.45) is 0 Å². The second kappa shape index (κ2) is 12.6. The molecule has 2 rings (SSSR count). The van der Waals surface area contributed by atoms with Crippen molar-refractivity contribution in [3.63, 3.8) is 0 Å². The summed E-state index contributed by atoms with van der Waals surface area (Å²) in [7, 11) is -1.69. The van der Waals surface area contributed by atoms with Gasteiger partial charge in [-0.05, 0) is 56.1 Å². The summed E-state index contributed by atoms with van der Waals surface area (Å²) in [6.07, 6.45) is 6.70. The molecule has 1 aromatic rings. The first-order valence-electron chi connectivity index (χ1n) is 11.7. The number of hydrogen-bond acceptors (Lipinski definition) is 5. The molecular weight excluding hydrogens is 428 g/mol. The van der Waals surface area contributed by atoms with E-state index in [1.165, 1.54) is 12.5 Å². The van der Waals surface area contributed by atoms with E-state index in [0.717, 1.165) is 50.7 Å². The minimum absolute atomic E-state index is 0.105. The van der Waals surface area contributed by atoms with Gasteiger partial charge in [0.2, 0.25) is 15.9 Å². The number of sulfonamides is 1. The van der Waals surface area contributed by atoms with E-state index in [0.29, 0.717) is 18.9 Å². The van der Waals surface area contributed by atoms with E-state index < -0.39 is 16.1 Å². The lowest BCUT2D eigenvalue weighted by atomic mass is 9.82. The fourth-order valence-corrected chi connectivity index (χ4v) is 5.25. The van der Waals surface area contributed by atoms with Gasteiger partial charge in [0.05, 0.1) is 31.6 Å². The topological polar surface area (TPSA) is 84.9 Å². The monoisotopic (exact) mass is 468 g/mol. The Balaban J connectivity index is 1.98. The standard InChI is InChI=1S/C24H40N2O5S/c1-6-16-30-24-11-9-8-10-21(24)19-12-14-20(15-13-19)31-17-23(26(4)18(3)27)22(7-2)25-32(5,28)29/h8-11,19-20,22-23,25H,6-7,12-17H2,1-5H3. The summed E-state index contributed by atoms with van der Waals surface area (Å²) in [5, 5.41) is 0. The lowest BCUT2D eigenvalue weighted by molar-refractivity contribution is -0.132. The second-order valence-electron chi connectivity index (χ2n) is 8.80. The van der Waals surface area contributed by atoms with Crippen LogP contribution in [0, 0.1) is 0 Å².